The normalized spacial score (nSPS) is 16.3. The molecule has 0 unspecified atom stereocenters. The molecule has 2 aliphatic rings. The molecule has 0 N–H and O–H groups in total. The molecular weight excluding hydrogens is 448 g/mol. The maximum absolute atomic E-state index is 4.40. The number of hydrogen-bond acceptors (Lipinski definition) is 1. The summed E-state index contributed by atoms with van der Waals surface area (Å²) in [7, 11) is 0. The molecule has 1 aliphatic carbocycles. The van der Waals surface area contributed by atoms with E-state index in [1.54, 1.807) is 0 Å². The van der Waals surface area contributed by atoms with Crippen LogP contribution in [0.4, 0.5) is 11.4 Å². The average Bonchev–Trinajstić information content (AvgIpc) is 3.54. The number of nitrogens with zero attached hydrogens (tertiary/aromatic N) is 2. The van der Waals surface area contributed by atoms with Gasteiger partial charge in [-0.15, -0.1) is 0 Å². The van der Waals surface area contributed by atoms with Crippen molar-refractivity contribution in [3.05, 3.63) is 139 Å². The summed E-state index contributed by atoms with van der Waals surface area (Å²) in [5.74, 6) is 0. The van der Waals surface area contributed by atoms with Crippen LogP contribution >= 0.6 is 0 Å². The highest BCUT2D eigenvalue weighted by Crippen LogP contribution is 2.44. The van der Waals surface area contributed by atoms with Gasteiger partial charge in [0.2, 0.25) is 0 Å². The van der Waals surface area contributed by atoms with Crippen molar-refractivity contribution in [1.29, 1.82) is 0 Å². The van der Waals surface area contributed by atoms with Crippen molar-refractivity contribution in [1.82, 2.24) is 4.57 Å². The highest BCUT2D eigenvalue weighted by molar-refractivity contribution is 6.15. The lowest BCUT2D eigenvalue weighted by molar-refractivity contribution is 1.04. The third-order valence-corrected chi connectivity index (χ3v) is 7.60. The first-order valence-electron chi connectivity index (χ1n) is 13.0. The number of hydrogen-bond donors (Lipinski definition) is 0. The molecule has 0 amide bonds. The number of fused-ring (bicyclic) bond motifs is 4. The summed E-state index contributed by atoms with van der Waals surface area (Å²) in [6, 6.07) is 34.9. The van der Waals surface area contributed by atoms with Gasteiger partial charge in [-0.25, -0.2) is 0 Å². The van der Waals surface area contributed by atoms with Gasteiger partial charge in [0, 0.05) is 33.7 Å². The Bertz CT molecular complexity index is 1720. The molecule has 2 nitrogen and oxygen atoms in total. The lowest BCUT2D eigenvalue weighted by Gasteiger charge is -2.29. The lowest BCUT2D eigenvalue weighted by Crippen LogP contribution is -2.14. The van der Waals surface area contributed by atoms with Crippen LogP contribution in [0.3, 0.4) is 0 Å². The highest BCUT2D eigenvalue weighted by Gasteiger charge is 2.24. The third-order valence-electron chi connectivity index (χ3n) is 7.60. The minimum Gasteiger partial charge on any atom is -0.316 e. The molecule has 4 aromatic carbocycles. The van der Waals surface area contributed by atoms with Gasteiger partial charge in [-0.1, -0.05) is 97.6 Å². The molecule has 0 fully saturated rings. The molecule has 2 heterocycles. The van der Waals surface area contributed by atoms with Crippen LogP contribution in [0.2, 0.25) is 0 Å². The number of benzene rings is 4. The van der Waals surface area contributed by atoms with Crippen molar-refractivity contribution in [2.45, 2.75) is 19.3 Å². The highest BCUT2D eigenvalue weighted by atomic mass is 15.1. The van der Waals surface area contributed by atoms with Gasteiger partial charge < -0.3 is 9.47 Å². The summed E-state index contributed by atoms with van der Waals surface area (Å²) in [5.41, 5.74) is 11.0. The van der Waals surface area contributed by atoms with E-state index in [4.69, 9.17) is 0 Å². The number of rotatable bonds is 3. The summed E-state index contributed by atoms with van der Waals surface area (Å²) < 4.78 is 2.44. The molecular formula is C35H28N2. The summed E-state index contributed by atoms with van der Waals surface area (Å²) in [4.78, 5) is 2.34. The van der Waals surface area contributed by atoms with Crippen molar-refractivity contribution in [2.75, 3.05) is 4.90 Å². The van der Waals surface area contributed by atoms with E-state index in [1.165, 1.54) is 61.2 Å². The molecule has 178 valence electrons. The Morgan fingerprint density at radius 2 is 1.22 bits per heavy atom. The fourth-order valence-corrected chi connectivity index (χ4v) is 5.90. The van der Waals surface area contributed by atoms with Crippen molar-refractivity contribution in [3.63, 3.8) is 0 Å². The number of anilines is 2. The zero-order chi connectivity index (χ0) is 24.8. The molecule has 1 aromatic heterocycles. The van der Waals surface area contributed by atoms with Crippen LogP contribution in [-0.4, -0.2) is 4.57 Å². The predicted molar refractivity (Wildman–Crippen MR) is 159 cm³/mol. The van der Waals surface area contributed by atoms with Gasteiger partial charge >= 0.3 is 0 Å². The van der Waals surface area contributed by atoms with Crippen LogP contribution in [0.15, 0.2) is 128 Å². The van der Waals surface area contributed by atoms with Crippen molar-refractivity contribution < 1.29 is 0 Å². The topological polar surface area (TPSA) is 8.17 Å². The third kappa shape index (κ3) is 3.48. The first-order valence-corrected chi connectivity index (χ1v) is 13.0. The molecule has 0 radical (unpaired) electrons. The van der Waals surface area contributed by atoms with Crippen molar-refractivity contribution in [2.24, 2.45) is 0 Å². The molecule has 1 aliphatic heterocycles. The molecule has 2 heteroatoms. The van der Waals surface area contributed by atoms with E-state index in [-0.39, 0.29) is 0 Å². The number of aromatic nitrogens is 1. The van der Waals surface area contributed by atoms with Gasteiger partial charge in [-0.05, 0) is 49.1 Å². The largest absolute Gasteiger partial charge is 0.316 e. The molecule has 0 spiro atoms. The summed E-state index contributed by atoms with van der Waals surface area (Å²) in [5, 5.41) is 2.58. The van der Waals surface area contributed by atoms with Crippen LogP contribution in [-0.2, 0) is 0 Å². The van der Waals surface area contributed by atoms with Gasteiger partial charge in [0.25, 0.3) is 0 Å². The Kier molecular flexibility index (Phi) is 5.18. The van der Waals surface area contributed by atoms with Crippen molar-refractivity contribution >= 4 is 50.0 Å². The Labute approximate surface area is 217 Å². The minimum atomic E-state index is 0.920. The van der Waals surface area contributed by atoms with E-state index < -0.39 is 0 Å². The van der Waals surface area contributed by atoms with Crippen LogP contribution in [0.5, 0.6) is 0 Å². The maximum atomic E-state index is 4.40. The number of para-hydroxylation sites is 4. The first-order chi connectivity index (χ1) is 18.3. The van der Waals surface area contributed by atoms with Crippen LogP contribution in [0.25, 0.3) is 38.6 Å². The zero-order valence-corrected chi connectivity index (χ0v) is 20.8. The van der Waals surface area contributed by atoms with E-state index in [2.05, 4.69) is 138 Å². The minimum absolute atomic E-state index is 0.920. The quantitative estimate of drug-likeness (QED) is 0.252. The SMILES string of the molecule is C=C1CC/C=C\N(c2ccccc2C2=CCC=C2n2c3ccccc3c3ccccc32)c2ccccc21. The van der Waals surface area contributed by atoms with Crippen LogP contribution < -0.4 is 4.90 Å². The summed E-state index contributed by atoms with van der Waals surface area (Å²) >= 11 is 0. The maximum Gasteiger partial charge on any atom is 0.0541 e. The Morgan fingerprint density at radius 3 is 1.95 bits per heavy atom. The fraction of sp³-hybridized carbons (Fsp3) is 0.0857. The van der Waals surface area contributed by atoms with E-state index >= 15 is 0 Å². The van der Waals surface area contributed by atoms with Crippen molar-refractivity contribution in [3.8, 4) is 0 Å². The van der Waals surface area contributed by atoms with Gasteiger partial charge in [-0.2, -0.15) is 0 Å². The second kappa shape index (κ2) is 8.83. The first kappa shape index (κ1) is 21.7. The summed E-state index contributed by atoms with van der Waals surface area (Å²) in [6.07, 6.45) is 12.1. The lowest BCUT2D eigenvalue weighted by atomic mass is 9.96. The van der Waals surface area contributed by atoms with Crippen LogP contribution in [0, 0.1) is 0 Å². The van der Waals surface area contributed by atoms with Gasteiger partial charge in [0.15, 0.2) is 0 Å². The monoisotopic (exact) mass is 476 g/mol. The van der Waals surface area contributed by atoms with Gasteiger partial charge in [0.05, 0.1) is 28.1 Å². The predicted octanol–water partition coefficient (Wildman–Crippen LogP) is 9.58. The molecule has 0 saturated heterocycles. The van der Waals surface area contributed by atoms with Gasteiger partial charge in [0.1, 0.15) is 0 Å². The number of allylic oxidation sites excluding steroid dienone is 6. The second-order valence-corrected chi connectivity index (χ2v) is 9.74. The summed E-state index contributed by atoms with van der Waals surface area (Å²) in [6.45, 7) is 4.40. The fourth-order valence-electron chi connectivity index (χ4n) is 5.90. The Balaban J connectivity index is 1.42. The van der Waals surface area contributed by atoms with Crippen LogP contribution in [0.1, 0.15) is 30.4 Å². The Morgan fingerprint density at radius 1 is 0.622 bits per heavy atom. The molecule has 0 saturated carbocycles. The zero-order valence-electron chi connectivity index (χ0n) is 20.8. The Hall–Kier alpha value is -4.56. The van der Waals surface area contributed by atoms with E-state index in [1.807, 2.05) is 0 Å². The molecule has 0 atom stereocenters. The molecule has 0 bridgehead atoms. The molecule has 5 aromatic rings. The van der Waals surface area contributed by atoms with E-state index in [0.717, 1.165) is 19.3 Å². The average molecular weight is 477 g/mol. The molecule has 7 rings (SSSR count). The van der Waals surface area contributed by atoms with Gasteiger partial charge in [-0.3, -0.25) is 0 Å². The standard InChI is InChI=1S/C35H28N2/c1-25-13-10-11-24-36(31-19-6-2-14-26(25)31)32-20-7-3-15-27(32)30-18-12-23-35(30)37-33-21-8-4-16-28(33)29-17-5-9-22-34(29)37/h2-9,11,14-24H,1,10,12-13H2/b24-11-. The van der Waals surface area contributed by atoms with E-state index in [9.17, 15) is 0 Å². The van der Waals surface area contributed by atoms with E-state index in [0.29, 0.717) is 0 Å². The second-order valence-electron chi connectivity index (χ2n) is 9.74. The smallest absolute Gasteiger partial charge is 0.0541 e. The molecule has 37 heavy (non-hydrogen) atoms.